The predicted octanol–water partition coefficient (Wildman–Crippen LogP) is 2.42. The van der Waals surface area contributed by atoms with Crippen LogP contribution in [0, 0.1) is 17.4 Å². The van der Waals surface area contributed by atoms with E-state index < -0.39 is 0 Å². The minimum absolute atomic E-state index is 0.579. The molecule has 0 aliphatic carbocycles. The van der Waals surface area contributed by atoms with Crippen LogP contribution in [0.25, 0.3) is 11.1 Å². The Kier molecular flexibility index (Phi) is 2.24. The van der Waals surface area contributed by atoms with E-state index in [4.69, 9.17) is 5.26 Å². The summed E-state index contributed by atoms with van der Waals surface area (Å²) < 4.78 is 0. The average molecular weight is 179 g/mol. The van der Waals surface area contributed by atoms with E-state index in [2.05, 4.69) is 17.1 Å². The minimum Gasteiger partial charge on any atom is -0.263 e. The van der Waals surface area contributed by atoms with Gasteiger partial charge in [-0.1, -0.05) is 24.3 Å². The second-order valence-corrected chi connectivity index (χ2v) is 2.81. The molecule has 0 saturated heterocycles. The maximum atomic E-state index is 8.88. The van der Waals surface area contributed by atoms with Crippen molar-refractivity contribution < 1.29 is 0 Å². The Labute approximate surface area is 82.5 Å². The van der Waals surface area contributed by atoms with E-state index in [1.165, 1.54) is 0 Å². The molecule has 2 nitrogen and oxygen atoms in total. The SMILES string of the molecule is N#Cc1cnccc1-c1[c]cccc1. The van der Waals surface area contributed by atoms with E-state index in [1.54, 1.807) is 12.4 Å². The average Bonchev–Trinajstić information content (AvgIpc) is 2.30. The van der Waals surface area contributed by atoms with Gasteiger partial charge in [-0.15, -0.1) is 0 Å². The molecule has 0 aliphatic heterocycles. The van der Waals surface area contributed by atoms with E-state index in [-0.39, 0.29) is 0 Å². The van der Waals surface area contributed by atoms with Gasteiger partial charge in [0.05, 0.1) is 5.56 Å². The number of rotatable bonds is 1. The highest BCUT2D eigenvalue weighted by atomic mass is 14.6. The Morgan fingerprint density at radius 3 is 2.93 bits per heavy atom. The summed E-state index contributed by atoms with van der Waals surface area (Å²) in [5, 5.41) is 8.88. The van der Waals surface area contributed by atoms with Gasteiger partial charge in [0.15, 0.2) is 0 Å². The number of nitrogens with zero attached hydrogens (tertiary/aromatic N) is 2. The fourth-order valence-corrected chi connectivity index (χ4v) is 1.28. The van der Waals surface area contributed by atoms with Crippen LogP contribution >= 0.6 is 0 Å². The van der Waals surface area contributed by atoms with Crippen molar-refractivity contribution in [3.8, 4) is 17.2 Å². The van der Waals surface area contributed by atoms with Gasteiger partial charge in [-0.05, 0) is 17.7 Å². The number of pyridine rings is 1. The van der Waals surface area contributed by atoms with Gasteiger partial charge in [0.25, 0.3) is 0 Å². The summed E-state index contributed by atoms with van der Waals surface area (Å²) in [4.78, 5) is 3.91. The highest BCUT2D eigenvalue weighted by molar-refractivity contribution is 5.68. The third kappa shape index (κ3) is 1.48. The van der Waals surface area contributed by atoms with Gasteiger partial charge in [0.2, 0.25) is 0 Å². The second-order valence-electron chi connectivity index (χ2n) is 2.81. The van der Waals surface area contributed by atoms with Crippen molar-refractivity contribution in [3.05, 3.63) is 54.4 Å². The zero-order valence-corrected chi connectivity index (χ0v) is 7.44. The summed E-state index contributed by atoms with van der Waals surface area (Å²) in [6, 6.07) is 14.6. The first-order valence-electron chi connectivity index (χ1n) is 4.23. The molecule has 2 rings (SSSR count). The summed E-state index contributed by atoms with van der Waals surface area (Å²) in [6.07, 6.45) is 3.24. The van der Waals surface area contributed by atoms with Crippen molar-refractivity contribution in [3.63, 3.8) is 0 Å². The fraction of sp³-hybridized carbons (Fsp3) is 0. The maximum Gasteiger partial charge on any atom is 0.101 e. The highest BCUT2D eigenvalue weighted by Crippen LogP contribution is 2.20. The normalized spacial score (nSPS) is 9.36. The number of hydrogen-bond donors (Lipinski definition) is 0. The molecule has 0 unspecified atom stereocenters. The third-order valence-electron chi connectivity index (χ3n) is 1.94. The summed E-state index contributed by atoms with van der Waals surface area (Å²) in [6.45, 7) is 0. The largest absolute Gasteiger partial charge is 0.263 e. The molecule has 0 amide bonds. The Hall–Kier alpha value is -2.14. The van der Waals surface area contributed by atoms with Gasteiger partial charge < -0.3 is 0 Å². The Balaban J connectivity index is 2.58. The first-order chi connectivity index (χ1) is 6.92. The number of nitriles is 1. The topological polar surface area (TPSA) is 36.7 Å². The summed E-state index contributed by atoms with van der Waals surface area (Å²) >= 11 is 0. The van der Waals surface area contributed by atoms with Gasteiger partial charge in [0, 0.05) is 18.0 Å². The quantitative estimate of drug-likeness (QED) is 0.674. The number of aromatic nitrogens is 1. The van der Waals surface area contributed by atoms with E-state index in [0.29, 0.717) is 5.56 Å². The van der Waals surface area contributed by atoms with Crippen LogP contribution in [-0.2, 0) is 0 Å². The summed E-state index contributed by atoms with van der Waals surface area (Å²) in [5.41, 5.74) is 2.38. The molecule has 14 heavy (non-hydrogen) atoms. The molecular formula is C12H7N2. The van der Waals surface area contributed by atoms with Crippen LogP contribution in [0.5, 0.6) is 0 Å². The molecule has 1 aromatic heterocycles. The van der Waals surface area contributed by atoms with Gasteiger partial charge in [-0.25, -0.2) is 0 Å². The number of hydrogen-bond acceptors (Lipinski definition) is 2. The standard InChI is InChI=1S/C12H7N2/c13-8-11-9-14-7-6-12(11)10-4-2-1-3-5-10/h1-4,6-7,9H. The van der Waals surface area contributed by atoms with Crippen molar-refractivity contribution in [1.82, 2.24) is 4.98 Å². The fourth-order valence-electron chi connectivity index (χ4n) is 1.28. The molecule has 1 radical (unpaired) electrons. The summed E-state index contributed by atoms with van der Waals surface area (Å²) in [5.74, 6) is 0. The molecule has 1 heterocycles. The lowest BCUT2D eigenvalue weighted by Crippen LogP contribution is -1.85. The van der Waals surface area contributed by atoms with Crippen LogP contribution in [0.4, 0.5) is 0 Å². The molecule has 2 aromatic rings. The molecule has 1 aromatic carbocycles. The van der Waals surface area contributed by atoms with Crippen LogP contribution in [0.1, 0.15) is 5.56 Å². The van der Waals surface area contributed by atoms with Crippen molar-refractivity contribution in [1.29, 1.82) is 5.26 Å². The van der Waals surface area contributed by atoms with Gasteiger partial charge in [0.1, 0.15) is 6.07 Å². The van der Waals surface area contributed by atoms with Crippen molar-refractivity contribution in [2.75, 3.05) is 0 Å². The molecular weight excluding hydrogens is 172 g/mol. The molecule has 0 aliphatic rings. The maximum absolute atomic E-state index is 8.88. The van der Waals surface area contributed by atoms with Crippen molar-refractivity contribution >= 4 is 0 Å². The Morgan fingerprint density at radius 1 is 1.29 bits per heavy atom. The van der Waals surface area contributed by atoms with E-state index in [1.807, 2.05) is 30.3 Å². The van der Waals surface area contributed by atoms with E-state index in [9.17, 15) is 0 Å². The van der Waals surface area contributed by atoms with Crippen LogP contribution in [-0.4, -0.2) is 4.98 Å². The molecule has 0 saturated carbocycles. The van der Waals surface area contributed by atoms with Crippen molar-refractivity contribution in [2.45, 2.75) is 0 Å². The molecule has 0 atom stereocenters. The van der Waals surface area contributed by atoms with E-state index in [0.717, 1.165) is 11.1 Å². The molecule has 2 heteroatoms. The monoisotopic (exact) mass is 179 g/mol. The van der Waals surface area contributed by atoms with E-state index >= 15 is 0 Å². The Morgan fingerprint density at radius 2 is 2.21 bits per heavy atom. The van der Waals surface area contributed by atoms with Crippen molar-refractivity contribution in [2.24, 2.45) is 0 Å². The zero-order valence-electron chi connectivity index (χ0n) is 7.44. The van der Waals surface area contributed by atoms with Crippen LogP contribution < -0.4 is 0 Å². The third-order valence-corrected chi connectivity index (χ3v) is 1.94. The molecule has 0 fully saturated rings. The Bertz CT molecular complexity index is 469. The second kappa shape index (κ2) is 3.71. The van der Waals surface area contributed by atoms with Crippen LogP contribution in [0.3, 0.4) is 0 Å². The number of benzene rings is 1. The lowest BCUT2D eigenvalue weighted by atomic mass is 10.0. The predicted molar refractivity (Wildman–Crippen MR) is 53.2 cm³/mol. The summed E-state index contributed by atoms with van der Waals surface area (Å²) in [7, 11) is 0. The van der Waals surface area contributed by atoms with Crippen LogP contribution in [0.2, 0.25) is 0 Å². The molecule has 65 valence electrons. The first-order valence-corrected chi connectivity index (χ1v) is 4.23. The van der Waals surface area contributed by atoms with Gasteiger partial charge in [-0.3, -0.25) is 4.98 Å². The molecule has 0 bridgehead atoms. The lowest BCUT2D eigenvalue weighted by molar-refractivity contribution is 1.30. The lowest BCUT2D eigenvalue weighted by Gasteiger charge is -2.01. The zero-order chi connectivity index (χ0) is 9.80. The smallest absolute Gasteiger partial charge is 0.101 e. The molecule has 0 N–H and O–H groups in total. The molecule has 0 spiro atoms. The minimum atomic E-state index is 0.579. The van der Waals surface area contributed by atoms with Gasteiger partial charge >= 0.3 is 0 Å². The highest BCUT2D eigenvalue weighted by Gasteiger charge is 2.02. The first kappa shape index (κ1) is 8.46. The van der Waals surface area contributed by atoms with Crippen LogP contribution in [0.15, 0.2) is 42.7 Å². The van der Waals surface area contributed by atoms with Gasteiger partial charge in [-0.2, -0.15) is 5.26 Å².